The predicted octanol–water partition coefficient (Wildman–Crippen LogP) is 4.87. The molecule has 5 nitrogen and oxygen atoms in total. The zero-order chi connectivity index (χ0) is 17.9. The molecule has 1 aromatic rings. The van der Waals surface area contributed by atoms with E-state index in [1.165, 1.54) is 0 Å². The summed E-state index contributed by atoms with van der Waals surface area (Å²) in [5.74, 6) is 0.704. The Bertz CT molecular complexity index is 508. The van der Waals surface area contributed by atoms with Gasteiger partial charge in [-0.25, -0.2) is 9.67 Å². The van der Waals surface area contributed by atoms with Gasteiger partial charge < -0.3 is 9.16 Å². The maximum atomic E-state index is 6.16. The Balaban J connectivity index is 2.52. The molecular weight excluding hydrogens is 390 g/mol. The summed E-state index contributed by atoms with van der Waals surface area (Å²) in [6, 6.07) is 1.15. The van der Waals surface area contributed by atoms with Gasteiger partial charge in [0.15, 0.2) is 18.9 Å². The van der Waals surface area contributed by atoms with Crippen molar-refractivity contribution in [2.24, 2.45) is 0 Å². The van der Waals surface area contributed by atoms with Gasteiger partial charge in [0.1, 0.15) is 6.73 Å². The molecule has 1 aromatic heterocycles. The molecular formula is C15H32BrN3O2Si2. The fraction of sp³-hybridized carbons (Fsp3) is 0.867. The summed E-state index contributed by atoms with van der Waals surface area (Å²) >= 11 is 3.44. The van der Waals surface area contributed by atoms with E-state index in [0.717, 1.165) is 12.7 Å². The van der Waals surface area contributed by atoms with Crippen LogP contribution in [0.15, 0.2) is 4.73 Å². The molecule has 1 heterocycles. The predicted molar refractivity (Wildman–Crippen MR) is 104 cm³/mol. The normalized spacial score (nSPS) is 13.6. The van der Waals surface area contributed by atoms with Crippen molar-refractivity contribution in [1.29, 1.82) is 0 Å². The molecule has 0 aliphatic carbocycles. The van der Waals surface area contributed by atoms with Gasteiger partial charge in [-0.2, -0.15) is 5.10 Å². The molecule has 0 unspecified atom stereocenters. The average molecular weight is 423 g/mol. The first-order valence-electron chi connectivity index (χ1n) is 8.13. The van der Waals surface area contributed by atoms with Gasteiger partial charge in [-0.3, -0.25) is 0 Å². The smallest absolute Gasteiger partial charge is 0.197 e. The van der Waals surface area contributed by atoms with E-state index in [0.29, 0.717) is 23.9 Å². The number of hydrogen-bond donors (Lipinski definition) is 0. The van der Waals surface area contributed by atoms with Crippen molar-refractivity contribution in [3.05, 3.63) is 10.6 Å². The van der Waals surface area contributed by atoms with Gasteiger partial charge in [-0.05, 0) is 40.1 Å². The molecule has 0 bridgehead atoms. The molecule has 0 N–H and O–H groups in total. The van der Waals surface area contributed by atoms with Crippen LogP contribution in [-0.4, -0.2) is 37.8 Å². The summed E-state index contributed by atoms with van der Waals surface area (Å²) < 4.78 is 14.3. The first-order chi connectivity index (χ1) is 10.3. The zero-order valence-corrected chi connectivity index (χ0v) is 19.5. The highest BCUT2D eigenvalue weighted by molar-refractivity contribution is 9.10. The van der Waals surface area contributed by atoms with Crippen molar-refractivity contribution in [2.75, 3.05) is 6.61 Å². The molecule has 0 saturated carbocycles. The largest absolute Gasteiger partial charge is 0.409 e. The summed E-state index contributed by atoms with van der Waals surface area (Å²) in [6.45, 7) is 19.9. The highest BCUT2D eigenvalue weighted by Crippen LogP contribution is 2.36. The quantitative estimate of drug-likeness (QED) is 0.443. The molecule has 8 heteroatoms. The molecule has 23 heavy (non-hydrogen) atoms. The Kier molecular flexibility index (Phi) is 7.22. The molecule has 0 fully saturated rings. The zero-order valence-electron chi connectivity index (χ0n) is 15.9. The van der Waals surface area contributed by atoms with Crippen LogP contribution < -0.4 is 0 Å². The molecule has 0 saturated heterocycles. The molecule has 0 aliphatic rings. The third kappa shape index (κ3) is 7.17. The SMILES string of the molecule is CC(C)(C)[Si](C)(C)OCc1nc(Br)n(COCC[Si](C)(C)C)n1. The van der Waals surface area contributed by atoms with Crippen molar-refractivity contribution in [3.63, 3.8) is 0 Å². The maximum absolute atomic E-state index is 6.16. The third-order valence-corrected chi connectivity index (χ3v) is 11.0. The molecule has 0 aromatic carbocycles. The summed E-state index contributed by atoms with van der Waals surface area (Å²) in [7, 11) is -2.83. The van der Waals surface area contributed by atoms with E-state index in [-0.39, 0.29) is 5.04 Å². The van der Waals surface area contributed by atoms with Crippen LogP contribution in [-0.2, 0) is 22.5 Å². The highest BCUT2D eigenvalue weighted by atomic mass is 79.9. The Morgan fingerprint density at radius 1 is 1.13 bits per heavy atom. The van der Waals surface area contributed by atoms with Crippen LogP contribution in [0, 0.1) is 0 Å². The number of nitrogens with zero attached hydrogens (tertiary/aromatic N) is 3. The van der Waals surface area contributed by atoms with Crippen LogP contribution in [0.2, 0.25) is 43.8 Å². The topological polar surface area (TPSA) is 49.2 Å². The van der Waals surface area contributed by atoms with Crippen molar-refractivity contribution in [3.8, 4) is 0 Å². The summed E-state index contributed by atoms with van der Waals surface area (Å²) in [4.78, 5) is 4.42. The van der Waals surface area contributed by atoms with Crippen molar-refractivity contribution in [2.45, 2.75) is 77.9 Å². The lowest BCUT2D eigenvalue weighted by molar-refractivity contribution is 0.0761. The Morgan fingerprint density at radius 2 is 1.74 bits per heavy atom. The van der Waals surface area contributed by atoms with E-state index >= 15 is 0 Å². The van der Waals surface area contributed by atoms with E-state index in [1.54, 1.807) is 4.68 Å². The van der Waals surface area contributed by atoms with Gasteiger partial charge in [-0.15, -0.1) is 0 Å². The average Bonchev–Trinajstić information content (AvgIpc) is 2.71. The molecule has 0 amide bonds. The van der Waals surface area contributed by atoms with Gasteiger partial charge >= 0.3 is 0 Å². The summed E-state index contributed by atoms with van der Waals surface area (Å²) in [6.07, 6.45) is 0. The lowest BCUT2D eigenvalue weighted by Gasteiger charge is -2.35. The fourth-order valence-corrected chi connectivity index (χ4v) is 3.57. The Hall–Kier alpha value is -0.0262. The number of aromatic nitrogens is 3. The van der Waals surface area contributed by atoms with E-state index in [9.17, 15) is 0 Å². The van der Waals surface area contributed by atoms with Gasteiger partial charge in [0, 0.05) is 14.7 Å². The molecule has 0 spiro atoms. The molecule has 1 rings (SSSR count). The summed E-state index contributed by atoms with van der Waals surface area (Å²) in [5, 5.41) is 4.66. The van der Waals surface area contributed by atoms with E-state index in [2.05, 4.69) is 79.5 Å². The second-order valence-electron chi connectivity index (χ2n) is 8.69. The standard InChI is InChI=1S/C15H32BrN3O2Si2/c1-15(2,3)23(7,8)21-11-13-17-14(16)19(18-13)12-20-9-10-22(4,5)6/h9-12H2,1-8H3. The molecule has 134 valence electrons. The van der Waals surface area contributed by atoms with Crippen molar-refractivity contribution >= 4 is 32.3 Å². The maximum Gasteiger partial charge on any atom is 0.197 e. The number of halogens is 1. The van der Waals surface area contributed by atoms with E-state index in [4.69, 9.17) is 9.16 Å². The van der Waals surface area contributed by atoms with Crippen molar-refractivity contribution in [1.82, 2.24) is 14.8 Å². The van der Waals surface area contributed by atoms with Gasteiger partial charge in [0.2, 0.25) is 0 Å². The van der Waals surface area contributed by atoms with Crippen LogP contribution in [0.1, 0.15) is 26.6 Å². The second-order valence-corrected chi connectivity index (χ2v) is 19.8. The minimum atomic E-state index is -1.78. The lowest BCUT2D eigenvalue weighted by atomic mass is 10.2. The number of rotatable bonds is 8. The van der Waals surface area contributed by atoms with Gasteiger partial charge in [0.05, 0.1) is 6.61 Å². The number of hydrogen-bond acceptors (Lipinski definition) is 4. The lowest BCUT2D eigenvalue weighted by Crippen LogP contribution is -2.40. The van der Waals surface area contributed by atoms with E-state index in [1.807, 2.05) is 0 Å². The Labute approximate surface area is 151 Å². The summed E-state index contributed by atoms with van der Waals surface area (Å²) in [5.41, 5.74) is 0. The van der Waals surface area contributed by atoms with Crippen LogP contribution in [0.4, 0.5) is 0 Å². The van der Waals surface area contributed by atoms with Crippen LogP contribution in [0.25, 0.3) is 0 Å². The minimum Gasteiger partial charge on any atom is -0.409 e. The minimum absolute atomic E-state index is 0.187. The highest BCUT2D eigenvalue weighted by Gasteiger charge is 2.37. The van der Waals surface area contributed by atoms with Gasteiger partial charge in [0.25, 0.3) is 0 Å². The first kappa shape index (κ1) is 21.0. The van der Waals surface area contributed by atoms with Gasteiger partial charge in [-0.1, -0.05) is 40.4 Å². The van der Waals surface area contributed by atoms with Crippen LogP contribution in [0.3, 0.4) is 0 Å². The first-order valence-corrected chi connectivity index (χ1v) is 15.5. The second kappa shape index (κ2) is 7.90. The van der Waals surface area contributed by atoms with Crippen LogP contribution >= 0.6 is 15.9 Å². The van der Waals surface area contributed by atoms with Crippen molar-refractivity contribution < 1.29 is 9.16 Å². The number of ether oxygens (including phenoxy) is 1. The Morgan fingerprint density at radius 3 is 2.26 bits per heavy atom. The fourth-order valence-electron chi connectivity index (χ4n) is 1.50. The third-order valence-electron chi connectivity index (χ3n) is 4.25. The van der Waals surface area contributed by atoms with Crippen LogP contribution in [0.5, 0.6) is 0 Å². The van der Waals surface area contributed by atoms with E-state index < -0.39 is 16.4 Å². The monoisotopic (exact) mass is 421 g/mol. The molecule has 0 atom stereocenters. The molecule has 0 aliphatic heterocycles. The molecule has 0 radical (unpaired) electrons.